The van der Waals surface area contributed by atoms with Gasteiger partial charge in [0.05, 0.1) is 11.6 Å². The quantitative estimate of drug-likeness (QED) is 0.794. The van der Waals surface area contributed by atoms with Crippen LogP contribution in [0.25, 0.3) is 0 Å². The van der Waals surface area contributed by atoms with E-state index in [9.17, 15) is 9.59 Å². The van der Waals surface area contributed by atoms with Gasteiger partial charge in [0.2, 0.25) is 11.8 Å². The van der Waals surface area contributed by atoms with Crippen molar-refractivity contribution >= 4 is 35.0 Å². The molecule has 0 saturated carbocycles. The van der Waals surface area contributed by atoms with Crippen molar-refractivity contribution in [3.8, 4) is 5.75 Å². The van der Waals surface area contributed by atoms with Gasteiger partial charge in [-0.05, 0) is 37.5 Å². The molecule has 1 fully saturated rings. The van der Waals surface area contributed by atoms with Crippen LogP contribution in [0.15, 0.2) is 18.2 Å². The van der Waals surface area contributed by atoms with Gasteiger partial charge in [0.15, 0.2) is 0 Å². The molecule has 0 spiro atoms. The number of benzene rings is 1. The lowest BCUT2D eigenvalue weighted by Gasteiger charge is -2.30. The van der Waals surface area contributed by atoms with Gasteiger partial charge in [0, 0.05) is 30.5 Å². The van der Waals surface area contributed by atoms with Gasteiger partial charge < -0.3 is 15.4 Å². The summed E-state index contributed by atoms with van der Waals surface area (Å²) in [4.78, 5) is 25.0. The van der Waals surface area contributed by atoms with Gasteiger partial charge in [0.1, 0.15) is 5.75 Å². The summed E-state index contributed by atoms with van der Waals surface area (Å²) in [6, 6.07) is 5.03. The first-order chi connectivity index (χ1) is 11.0. The average molecular weight is 359 g/mol. The molecule has 2 rings (SSSR count). The standard InChI is InChI=1S/C16H20Cl2N2O3/c17-12-3-4-14(13(18)10-12)23-9-1-2-15(21)20-7-5-11(6-8-20)16(19)22/h3-4,10-11H,1-2,5-9H2,(H2,19,22). The van der Waals surface area contributed by atoms with Crippen LogP contribution in [0.1, 0.15) is 25.7 Å². The number of carbonyl (C=O) groups is 2. The van der Waals surface area contributed by atoms with Gasteiger partial charge in [-0.3, -0.25) is 9.59 Å². The molecule has 2 N–H and O–H groups in total. The zero-order valence-electron chi connectivity index (χ0n) is 12.8. The van der Waals surface area contributed by atoms with Crippen LogP contribution in [-0.2, 0) is 9.59 Å². The predicted molar refractivity (Wildman–Crippen MR) is 89.7 cm³/mol. The second-order valence-electron chi connectivity index (χ2n) is 5.58. The zero-order chi connectivity index (χ0) is 16.8. The Kier molecular flexibility index (Phi) is 6.54. The monoisotopic (exact) mass is 358 g/mol. The van der Waals surface area contributed by atoms with Crippen LogP contribution in [-0.4, -0.2) is 36.4 Å². The van der Waals surface area contributed by atoms with Crippen molar-refractivity contribution in [3.05, 3.63) is 28.2 Å². The number of hydrogen-bond donors (Lipinski definition) is 1. The molecule has 2 amide bonds. The molecule has 0 atom stereocenters. The Balaban J connectivity index is 1.68. The Bertz CT molecular complexity index is 572. The van der Waals surface area contributed by atoms with Crippen LogP contribution in [0.2, 0.25) is 10.0 Å². The molecular weight excluding hydrogens is 339 g/mol. The van der Waals surface area contributed by atoms with Crippen LogP contribution in [0, 0.1) is 5.92 Å². The molecule has 1 saturated heterocycles. The topological polar surface area (TPSA) is 72.6 Å². The summed E-state index contributed by atoms with van der Waals surface area (Å²) in [5.74, 6) is 0.268. The van der Waals surface area contributed by atoms with Gasteiger partial charge in [-0.1, -0.05) is 23.2 Å². The molecule has 5 nitrogen and oxygen atoms in total. The van der Waals surface area contributed by atoms with Crippen molar-refractivity contribution in [2.24, 2.45) is 11.7 Å². The average Bonchev–Trinajstić information content (AvgIpc) is 2.53. The van der Waals surface area contributed by atoms with E-state index in [1.165, 1.54) is 0 Å². The number of ether oxygens (including phenoxy) is 1. The molecule has 1 aromatic carbocycles. The van der Waals surface area contributed by atoms with Crippen molar-refractivity contribution in [1.82, 2.24) is 4.90 Å². The Labute approximate surface area is 145 Å². The van der Waals surface area contributed by atoms with E-state index in [0.717, 1.165) is 0 Å². The van der Waals surface area contributed by atoms with Gasteiger partial charge in [0.25, 0.3) is 0 Å². The third-order valence-corrected chi connectivity index (χ3v) is 4.47. The van der Waals surface area contributed by atoms with Gasteiger partial charge in [-0.15, -0.1) is 0 Å². The third kappa shape index (κ3) is 5.29. The molecule has 0 aromatic heterocycles. The number of primary amides is 1. The Morgan fingerprint density at radius 2 is 1.96 bits per heavy atom. The van der Waals surface area contributed by atoms with Crippen LogP contribution in [0.3, 0.4) is 0 Å². The maximum Gasteiger partial charge on any atom is 0.222 e. The highest BCUT2D eigenvalue weighted by Crippen LogP contribution is 2.27. The molecule has 126 valence electrons. The number of hydrogen-bond acceptors (Lipinski definition) is 3. The Hall–Kier alpha value is -1.46. The first-order valence-corrected chi connectivity index (χ1v) is 8.38. The minimum absolute atomic E-state index is 0.0822. The molecular formula is C16H20Cl2N2O3. The summed E-state index contributed by atoms with van der Waals surface area (Å²) in [6.45, 7) is 1.59. The van der Waals surface area contributed by atoms with Crippen molar-refractivity contribution in [3.63, 3.8) is 0 Å². The predicted octanol–water partition coefficient (Wildman–Crippen LogP) is 2.88. The zero-order valence-corrected chi connectivity index (χ0v) is 14.3. The second-order valence-corrected chi connectivity index (χ2v) is 6.43. The minimum atomic E-state index is -0.273. The number of likely N-dealkylation sites (tertiary alicyclic amines) is 1. The second kappa shape index (κ2) is 8.41. The number of nitrogens with zero attached hydrogens (tertiary/aromatic N) is 1. The Morgan fingerprint density at radius 1 is 1.26 bits per heavy atom. The molecule has 1 aliphatic heterocycles. The fourth-order valence-corrected chi connectivity index (χ4v) is 3.03. The summed E-state index contributed by atoms with van der Waals surface area (Å²) >= 11 is 11.8. The molecule has 1 heterocycles. The van der Waals surface area contributed by atoms with E-state index in [2.05, 4.69) is 0 Å². The molecule has 1 aromatic rings. The van der Waals surface area contributed by atoms with Crippen molar-refractivity contribution in [1.29, 1.82) is 0 Å². The van der Waals surface area contributed by atoms with E-state index in [1.54, 1.807) is 23.1 Å². The SMILES string of the molecule is NC(=O)C1CCN(C(=O)CCCOc2ccc(Cl)cc2Cl)CC1. The number of nitrogens with two attached hydrogens (primary N) is 1. The van der Waals surface area contributed by atoms with E-state index < -0.39 is 0 Å². The van der Waals surface area contributed by atoms with E-state index >= 15 is 0 Å². The van der Waals surface area contributed by atoms with Gasteiger partial charge in [-0.25, -0.2) is 0 Å². The first kappa shape index (κ1) is 17.9. The van der Waals surface area contributed by atoms with E-state index in [1.807, 2.05) is 0 Å². The largest absolute Gasteiger partial charge is 0.492 e. The first-order valence-electron chi connectivity index (χ1n) is 7.62. The summed E-state index contributed by atoms with van der Waals surface area (Å²) in [5, 5.41) is 1.01. The number of piperidine rings is 1. The lowest BCUT2D eigenvalue weighted by molar-refractivity contribution is -0.135. The van der Waals surface area contributed by atoms with E-state index in [0.29, 0.717) is 61.2 Å². The van der Waals surface area contributed by atoms with Gasteiger partial charge in [-0.2, -0.15) is 0 Å². The van der Waals surface area contributed by atoms with Crippen molar-refractivity contribution in [2.75, 3.05) is 19.7 Å². The molecule has 0 aliphatic carbocycles. The fourth-order valence-electron chi connectivity index (χ4n) is 2.57. The lowest BCUT2D eigenvalue weighted by Crippen LogP contribution is -2.41. The molecule has 0 bridgehead atoms. The van der Waals surface area contributed by atoms with Crippen LogP contribution < -0.4 is 10.5 Å². The number of carbonyl (C=O) groups excluding carboxylic acids is 2. The molecule has 1 aliphatic rings. The van der Waals surface area contributed by atoms with E-state index in [-0.39, 0.29) is 17.7 Å². The third-order valence-electron chi connectivity index (χ3n) is 3.94. The molecule has 23 heavy (non-hydrogen) atoms. The maximum absolute atomic E-state index is 12.1. The smallest absolute Gasteiger partial charge is 0.222 e. The number of halogens is 2. The maximum atomic E-state index is 12.1. The normalized spacial score (nSPS) is 15.5. The van der Waals surface area contributed by atoms with Gasteiger partial charge >= 0.3 is 0 Å². The summed E-state index contributed by atoms with van der Waals surface area (Å²) in [7, 11) is 0. The van der Waals surface area contributed by atoms with E-state index in [4.69, 9.17) is 33.7 Å². The van der Waals surface area contributed by atoms with Crippen molar-refractivity contribution in [2.45, 2.75) is 25.7 Å². The highest BCUT2D eigenvalue weighted by Gasteiger charge is 2.25. The molecule has 0 radical (unpaired) electrons. The van der Waals surface area contributed by atoms with Crippen LogP contribution in [0.4, 0.5) is 0 Å². The summed E-state index contributed by atoms with van der Waals surface area (Å²) in [5.41, 5.74) is 5.29. The lowest BCUT2D eigenvalue weighted by atomic mass is 9.96. The molecule has 0 unspecified atom stereocenters. The minimum Gasteiger partial charge on any atom is -0.492 e. The number of amides is 2. The number of rotatable bonds is 6. The van der Waals surface area contributed by atoms with Crippen LogP contribution >= 0.6 is 23.2 Å². The highest BCUT2D eigenvalue weighted by atomic mass is 35.5. The fraction of sp³-hybridized carbons (Fsp3) is 0.500. The summed E-state index contributed by atoms with van der Waals surface area (Å²) in [6.07, 6.45) is 2.32. The Morgan fingerprint density at radius 3 is 2.57 bits per heavy atom. The van der Waals surface area contributed by atoms with Crippen molar-refractivity contribution < 1.29 is 14.3 Å². The summed E-state index contributed by atoms with van der Waals surface area (Å²) < 4.78 is 5.56. The van der Waals surface area contributed by atoms with Crippen LogP contribution in [0.5, 0.6) is 5.75 Å². The highest BCUT2D eigenvalue weighted by molar-refractivity contribution is 6.35. The molecule has 7 heteroatoms.